The molecule has 0 aliphatic carbocycles. The van der Waals surface area contributed by atoms with Crippen LogP contribution in [0.2, 0.25) is 10.0 Å². The number of hydrogen-bond acceptors (Lipinski definition) is 7. The number of anilines is 1. The van der Waals surface area contributed by atoms with Gasteiger partial charge in [-0.05, 0) is 81.3 Å². The second-order valence-corrected chi connectivity index (χ2v) is 12.1. The molecule has 0 aliphatic heterocycles. The fourth-order valence-corrected chi connectivity index (χ4v) is 5.87. The molecule has 2 aromatic carbocycles. The third-order valence-electron chi connectivity index (χ3n) is 5.27. The van der Waals surface area contributed by atoms with Crippen LogP contribution in [0.15, 0.2) is 65.7 Å². The van der Waals surface area contributed by atoms with Crippen LogP contribution in [0.25, 0.3) is 16.7 Å². The Morgan fingerprint density at radius 3 is 2.38 bits per heavy atom. The highest BCUT2D eigenvalue weighted by Gasteiger charge is 2.30. The molecule has 9 nitrogen and oxygen atoms in total. The summed E-state index contributed by atoms with van der Waals surface area (Å²) >= 11 is 12.2. The number of rotatable bonds is 6. The summed E-state index contributed by atoms with van der Waals surface area (Å²) < 4.78 is 35.7. The second kappa shape index (κ2) is 11.2. The molecule has 0 aliphatic rings. The molecular weight excluding hydrogens is 563 g/mol. The Morgan fingerprint density at radius 1 is 1.05 bits per heavy atom. The maximum Gasteiger partial charge on any atom is 0.327 e. The van der Waals surface area contributed by atoms with Crippen LogP contribution >= 0.6 is 23.2 Å². The molecule has 0 atom stereocenters. The first-order valence-corrected chi connectivity index (χ1v) is 13.8. The molecule has 0 fully saturated rings. The predicted octanol–water partition coefficient (Wildman–Crippen LogP) is 4.61. The van der Waals surface area contributed by atoms with E-state index < -0.39 is 28.1 Å². The zero-order chi connectivity index (χ0) is 28.4. The molecule has 0 saturated heterocycles. The van der Waals surface area contributed by atoms with Crippen molar-refractivity contribution in [2.75, 3.05) is 17.5 Å². The van der Waals surface area contributed by atoms with Gasteiger partial charge in [0.1, 0.15) is 24.4 Å². The van der Waals surface area contributed by atoms with Crippen molar-refractivity contribution in [3.8, 4) is 17.7 Å². The van der Waals surface area contributed by atoms with Gasteiger partial charge >= 0.3 is 5.97 Å². The van der Waals surface area contributed by atoms with Crippen LogP contribution in [0.1, 0.15) is 26.5 Å². The smallest absolute Gasteiger partial charge is 0.327 e. The van der Waals surface area contributed by atoms with Crippen LogP contribution in [0.3, 0.4) is 0 Å². The normalized spacial score (nSPS) is 11.6. The fourth-order valence-electron chi connectivity index (χ4n) is 3.75. The summed E-state index contributed by atoms with van der Waals surface area (Å²) in [4.78, 5) is 12.6. The molecule has 4 rings (SSSR count). The summed E-state index contributed by atoms with van der Waals surface area (Å²) in [7, 11) is -4.27. The Balaban J connectivity index is 1.76. The van der Waals surface area contributed by atoms with Gasteiger partial charge in [0.25, 0.3) is 10.0 Å². The van der Waals surface area contributed by atoms with Gasteiger partial charge in [0.2, 0.25) is 0 Å². The number of ether oxygens (including phenoxy) is 1. The van der Waals surface area contributed by atoms with E-state index >= 15 is 0 Å². The zero-order valence-electron chi connectivity index (χ0n) is 21.2. The highest BCUT2D eigenvalue weighted by molar-refractivity contribution is 7.92. The third-order valence-corrected chi connectivity index (χ3v) is 7.46. The number of aliphatic hydroxyl groups is 1. The second-order valence-electron chi connectivity index (χ2n) is 9.37. The van der Waals surface area contributed by atoms with E-state index in [1.807, 2.05) is 0 Å². The molecule has 0 unspecified atom stereocenters. The van der Waals surface area contributed by atoms with E-state index in [0.717, 1.165) is 9.82 Å². The molecular formula is C27H24Cl2N4O5S. The Hall–Kier alpha value is -3.62. The molecule has 4 aromatic rings. The Bertz CT molecular complexity index is 1680. The van der Waals surface area contributed by atoms with Crippen molar-refractivity contribution in [2.45, 2.75) is 31.3 Å². The monoisotopic (exact) mass is 586 g/mol. The lowest BCUT2D eigenvalue weighted by atomic mass is 10.2. The maximum atomic E-state index is 13.8. The summed E-state index contributed by atoms with van der Waals surface area (Å²) in [6.45, 7) is 4.24. The van der Waals surface area contributed by atoms with Gasteiger partial charge in [-0.3, -0.25) is 13.7 Å². The van der Waals surface area contributed by atoms with E-state index in [9.17, 15) is 13.2 Å². The number of esters is 1. The van der Waals surface area contributed by atoms with E-state index in [1.165, 1.54) is 18.2 Å². The lowest BCUT2D eigenvalue weighted by Crippen LogP contribution is -2.39. The summed E-state index contributed by atoms with van der Waals surface area (Å²) in [5.41, 5.74) is 0.564. The van der Waals surface area contributed by atoms with Gasteiger partial charge in [-0.1, -0.05) is 29.1 Å². The Kier molecular flexibility index (Phi) is 8.18. The number of aliphatic hydroxyl groups excluding tert-OH is 1. The van der Waals surface area contributed by atoms with Crippen molar-refractivity contribution < 1.29 is 23.1 Å². The van der Waals surface area contributed by atoms with E-state index in [1.54, 1.807) is 67.9 Å². The number of nitrogens with zero attached hydrogens (tertiary/aromatic N) is 4. The van der Waals surface area contributed by atoms with Gasteiger partial charge in [-0.2, -0.15) is 0 Å². The van der Waals surface area contributed by atoms with Gasteiger partial charge in [0, 0.05) is 21.6 Å². The number of carbonyl (C=O) groups is 1. The van der Waals surface area contributed by atoms with Crippen molar-refractivity contribution in [3.05, 3.63) is 76.5 Å². The SMILES string of the molecule is CC(C)(C)OC(=O)CN(c1ccc2c(ccn2-c2ccc(C#CCO)nn2)c1)S(=O)(=O)c1cc(Cl)cc(Cl)c1. The molecule has 0 radical (unpaired) electrons. The van der Waals surface area contributed by atoms with Crippen LogP contribution in [0.4, 0.5) is 5.69 Å². The first-order valence-electron chi connectivity index (χ1n) is 11.6. The predicted molar refractivity (Wildman–Crippen MR) is 150 cm³/mol. The molecule has 0 saturated carbocycles. The van der Waals surface area contributed by atoms with Crippen molar-refractivity contribution in [2.24, 2.45) is 0 Å². The number of fused-ring (bicyclic) bond motifs is 1. The minimum atomic E-state index is -4.27. The largest absolute Gasteiger partial charge is 0.459 e. The number of halogens is 2. The third kappa shape index (κ3) is 6.69. The van der Waals surface area contributed by atoms with Crippen LogP contribution in [-0.4, -0.2) is 53.0 Å². The first kappa shape index (κ1) is 28.4. The summed E-state index contributed by atoms with van der Waals surface area (Å²) in [6, 6.07) is 14.1. The molecule has 12 heteroatoms. The maximum absolute atomic E-state index is 13.8. The average Bonchev–Trinajstić information content (AvgIpc) is 3.28. The average molecular weight is 587 g/mol. The lowest BCUT2D eigenvalue weighted by molar-refractivity contribution is -0.152. The summed E-state index contributed by atoms with van der Waals surface area (Å²) in [6.07, 6.45) is 1.76. The van der Waals surface area contributed by atoms with Crippen LogP contribution < -0.4 is 4.31 Å². The standard InChI is InChI=1S/C27H24Cl2N4O5S/c1-27(2,3)38-26(35)17-33(39(36,37)23-15-19(28)14-20(29)16-23)22-7-8-24-18(13-22)10-11-32(24)25-9-6-21(30-31-25)5-4-12-34/h6-11,13-16,34H,12,17H2,1-3H3. The van der Waals surface area contributed by atoms with E-state index in [2.05, 4.69) is 22.0 Å². The summed E-state index contributed by atoms with van der Waals surface area (Å²) in [5, 5.41) is 18.0. The quantitative estimate of drug-likeness (QED) is 0.259. The molecule has 202 valence electrons. The fraction of sp³-hybridized carbons (Fsp3) is 0.222. The number of aromatic nitrogens is 3. The van der Waals surface area contributed by atoms with Gasteiger partial charge < -0.3 is 9.84 Å². The van der Waals surface area contributed by atoms with Crippen LogP contribution in [-0.2, 0) is 19.6 Å². The molecule has 0 bridgehead atoms. The molecule has 1 N–H and O–H groups in total. The highest BCUT2D eigenvalue weighted by Crippen LogP contribution is 2.31. The highest BCUT2D eigenvalue weighted by atomic mass is 35.5. The first-order chi connectivity index (χ1) is 18.4. The molecule has 0 amide bonds. The topological polar surface area (TPSA) is 115 Å². The Labute approximate surface area is 236 Å². The van der Waals surface area contributed by atoms with Gasteiger partial charge in [0.15, 0.2) is 5.82 Å². The number of carbonyl (C=O) groups excluding carboxylic acids is 1. The number of benzene rings is 2. The Morgan fingerprint density at radius 2 is 1.77 bits per heavy atom. The molecule has 2 heterocycles. The van der Waals surface area contributed by atoms with Crippen molar-refractivity contribution in [3.63, 3.8) is 0 Å². The molecule has 2 aromatic heterocycles. The van der Waals surface area contributed by atoms with Gasteiger partial charge in [-0.25, -0.2) is 8.42 Å². The van der Waals surface area contributed by atoms with Crippen LogP contribution in [0, 0.1) is 11.8 Å². The van der Waals surface area contributed by atoms with E-state index in [-0.39, 0.29) is 27.2 Å². The zero-order valence-corrected chi connectivity index (χ0v) is 23.5. The van der Waals surface area contributed by atoms with Gasteiger partial charge in [0.05, 0.1) is 16.1 Å². The molecule has 39 heavy (non-hydrogen) atoms. The van der Waals surface area contributed by atoms with E-state index in [0.29, 0.717) is 16.9 Å². The van der Waals surface area contributed by atoms with Gasteiger partial charge in [-0.15, -0.1) is 10.2 Å². The molecule has 0 spiro atoms. The lowest BCUT2D eigenvalue weighted by Gasteiger charge is -2.26. The minimum Gasteiger partial charge on any atom is -0.459 e. The van der Waals surface area contributed by atoms with Crippen molar-refractivity contribution >= 4 is 55.8 Å². The van der Waals surface area contributed by atoms with E-state index in [4.69, 9.17) is 33.0 Å². The van der Waals surface area contributed by atoms with Crippen LogP contribution in [0.5, 0.6) is 0 Å². The minimum absolute atomic E-state index is 0.139. The van der Waals surface area contributed by atoms with Crippen molar-refractivity contribution in [1.82, 2.24) is 14.8 Å². The number of hydrogen-bond donors (Lipinski definition) is 1. The summed E-state index contributed by atoms with van der Waals surface area (Å²) in [5.74, 6) is 4.99. The van der Waals surface area contributed by atoms with Crippen molar-refractivity contribution in [1.29, 1.82) is 0 Å². The number of sulfonamides is 1.